The van der Waals surface area contributed by atoms with Gasteiger partial charge in [-0.15, -0.1) is 0 Å². The van der Waals surface area contributed by atoms with Gasteiger partial charge in [-0.2, -0.15) is 13.2 Å². The number of piperazine rings is 1. The molecule has 2 heterocycles. The number of rotatable bonds is 5. The Bertz CT molecular complexity index is 481. The Morgan fingerprint density at radius 2 is 1.92 bits per heavy atom. The van der Waals surface area contributed by atoms with Crippen molar-refractivity contribution in [1.29, 1.82) is 0 Å². The molecule has 3 aliphatic rings. The maximum absolute atomic E-state index is 12.4. The van der Waals surface area contributed by atoms with E-state index in [1.165, 1.54) is 12.8 Å². The molecule has 1 saturated carbocycles. The van der Waals surface area contributed by atoms with Crippen LogP contribution in [0.15, 0.2) is 0 Å². The quantitative estimate of drug-likeness (QED) is 0.753. The van der Waals surface area contributed by atoms with Crippen molar-refractivity contribution in [2.45, 2.75) is 56.7 Å². The highest BCUT2D eigenvalue weighted by Gasteiger charge is 2.42. The Morgan fingerprint density at radius 1 is 1.16 bits per heavy atom. The molecular weight excluding hydrogens is 331 g/mol. The highest BCUT2D eigenvalue weighted by molar-refractivity contribution is 5.76. The molecular formula is C18H30F3N3O. The van der Waals surface area contributed by atoms with E-state index < -0.39 is 12.6 Å². The smallest absolute Gasteiger partial charge is 0.342 e. The van der Waals surface area contributed by atoms with Gasteiger partial charge in [0.15, 0.2) is 0 Å². The van der Waals surface area contributed by atoms with Crippen LogP contribution in [0, 0.1) is 5.92 Å². The first kappa shape index (κ1) is 19.0. The number of carbonyl (C=O) groups is 1. The van der Waals surface area contributed by atoms with Crippen molar-refractivity contribution in [3.8, 4) is 0 Å². The Labute approximate surface area is 148 Å². The van der Waals surface area contributed by atoms with Crippen molar-refractivity contribution in [3.63, 3.8) is 0 Å². The maximum atomic E-state index is 12.4. The van der Waals surface area contributed by atoms with Crippen LogP contribution in [0.1, 0.15) is 44.9 Å². The number of hydrogen-bond acceptors (Lipinski definition) is 3. The molecule has 2 aliphatic heterocycles. The van der Waals surface area contributed by atoms with Gasteiger partial charge < -0.3 is 9.80 Å². The van der Waals surface area contributed by atoms with Gasteiger partial charge in [-0.05, 0) is 51.6 Å². The number of likely N-dealkylation sites (tertiary alicyclic amines) is 1. The summed E-state index contributed by atoms with van der Waals surface area (Å²) in [4.78, 5) is 19.0. The number of carbonyl (C=O) groups excluding carboxylic acids is 1. The normalized spacial score (nSPS) is 30.1. The van der Waals surface area contributed by atoms with Gasteiger partial charge in [-0.1, -0.05) is 0 Å². The summed E-state index contributed by atoms with van der Waals surface area (Å²) in [7, 11) is 2.11. The Hall–Kier alpha value is -0.820. The lowest BCUT2D eigenvalue weighted by Gasteiger charge is -2.49. The predicted molar refractivity (Wildman–Crippen MR) is 90.2 cm³/mol. The van der Waals surface area contributed by atoms with Crippen LogP contribution in [0.3, 0.4) is 0 Å². The molecule has 1 aliphatic carbocycles. The summed E-state index contributed by atoms with van der Waals surface area (Å²) in [6, 6.07) is 0. The molecule has 3 fully saturated rings. The largest absolute Gasteiger partial charge is 0.389 e. The minimum Gasteiger partial charge on any atom is -0.342 e. The van der Waals surface area contributed by atoms with Crippen LogP contribution in [-0.2, 0) is 4.79 Å². The average molecular weight is 361 g/mol. The standard InChI is InChI=1S/C18H30F3N3O/c1-22-11-12-23(9-2-6-18(19,20)21)14-17(22)7-5-16(25)24(10-8-17)13-15-3-4-15/h15H,2-14H2,1H3. The molecule has 0 aromatic carbocycles. The van der Waals surface area contributed by atoms with E-state index >= 15 is 0 Å². The molecule has 0 radical (unpaired) electrons. The predicted octanol–water partition coefficient (Wildman–Crippen LogP) is 2.74. The van der Waals surface area contributed by atoms with Crippen LogP contribution in [0.5, 0.6) is 0 Å². The molecule has 1 atom stereocenters. The van der Waals surface area contributed by atoms with Gasteiger partial charge in [-0.25, -0.2) is 0 Å². The molecule has 2 saturated heterocycles. The van der Waals surface area contributed by atoms with E-state index in [2.05, 4.69) is 16.8 Å². The van der Waals surface area contributed by atoms with Crippen LogP contribution in [-0.4, -0.2) is 78.6 Å². The topological polar surface area (TPSA) is 26.8 Å². The third kappa shape index (κ3) is 5.09. The van der Waals surface area contributed by atoms with Gasteiger partial charge in [0.25, 0.3) is 0 Å². The summed E-state index contributed by atoms with van der Waals surface area (Å²) >= 11 is 0. The van der Waals surface area contributed by atoms with Crippen LogP contribution in [0.2, 0.25) is 0 Å². The molecule has 0 bridgehead atoms. The number of hydrogen-bond donors (Lipinski definition) is 0. The third-order valence-corrected chi connectivity index (χ3v) is 6.19. The first-order valence-electron chi connectivity index (χ1n) is 9.56. The van der Waals surface area contributed by atoms with Gasteiger partial charge in [0.2, 0.25) is 5.91 Å². The number of amides is 1. The summed E-state index contributed by atoms with van der Waals surface area (Å²) in [5.74, 6) is 0.951. The van der Waals surface area contributed by atoms with Crippen molar-refractivity contribution in [3.05, 3.63) is 0 Å². The second-order valence-corrected chi connectivity index (χ2v) is 8.17. The molecule has 25 heavy (non-hydrogen) atoms. The molecule has 7 heteroatoms. The highest BCUT2D eigenvalue weighted by Crippen LogP contribution is 2.35. The van der Waals surface area contributed by atoms with Gasteiger partial charge >= 0.3 is 6.18 Å². The molecule has 0 N–H and O–H groups in total. The summed E-state index contributed by atoms with van der Waals surface area (Å²) in [5.41, 5.74) is -0.0650. The molecule has 1 unspecified atom stereocenters. The zero-order chi connectivity index (χ0) is 18.1. The van der Waals surface area contributed by atoms with E-state index in [0.29, 0.717) is 18.9 Å². The Kier molecular flexibility index (Phi) is 5.63. The van der Waals surface area contributed by atoms with Gasteiger partial charge in [0, 0.05) is 51.1 Å². The minimum atomic E-state index is -4.07. The van der Waals surface area contributed by atoms with Crippen molar-refractivity contribution in [2.75, 3.05) is 46.3 Å². The summed E-state index contributed by atoms with van der Waals surface area (Å²) < 4.78 is 37.2. The Morgan fingerprint density at radius 3 is 2.60 bits per heavy atom. The zero-order valence-corrected chi connectivity index (χ0v) is 15.2. The Balaban J connectivity index is 1.57. The van der Waals surface area contributed by atoms with E-state index in [-0.39, 0.29) is 17.9 Å². The molecule has 0 aromatic heterocycles. The second kappa shape index (κ2) is 7.43. The zero-order valence-electron chi connectivity index (χ0n) is 15.2. The van der Waals surface area contributed by atoms with Gasteiger partial charge in [-0.3, -0.25) is 9.69 Å². The molecule has 0 aromatic rings. The molecule has 1 amide bonds. The number of halogens is 3. The average Bonchev–Trinajstić information content (AvgIpc) is 3.35. The first-order valence-corrected chi connectivity index (χ1v) is 9.56. The van der Waals surface area contributed by atoms with E-state index in [1.54, 1.807) is 0 Å². The van der Waals surface area contributed by atoms with Crippen molar-refractivity contribution in [2.24, 2.45) is 5.92 Å². The second-order valence-electron chi connectivity index (χ2n) is 8.17. The van der Waals surface area contributed by atoms with Crippen molar-refractivity contribution >= 4 is 5.91 Å². The fourth-order valence-corrected chi connectivity index (χ4v) is 4.27. The van der Waals surface area contributed by atoms with E-state index in [9.17, 15) is 18.0 Å². The van der Waals surface area contributed by atoms with Gasteiger partial charge in [0.1, 0.15) is 0 Å². The lowest BCUT2D eigenvalue weighted by Crippen LogP contribution is -2.61. The number of likely N-dealkylation sites (N-methyl/N-ethyl adjacent to an activating group) is 1. The molecule has 1 spiro atoms. The summed E-state index contributed by atoms with van der Waals surface area (Å²) in [6.07, 6.45) is 0.173. The fourth-order valence-electron chi connectivity index (χ4n) is 4.27. The lowest BCUT2D eigenvalue weighted by atomic mass is 9.86. The number of nitrogens with zero attached hydrogens (tertiary/aromatic N) is 3. The molecule has 3 rings (SSSR count). The highest BCUT2D eigenvalue weighted by atomic mass is 19.4. The molecule has 4 nitrogen and oxygen atoms in total. The van der Waals surface area contributed by atoms with Crippen LogP contribution < -0.4 is 0 Å². The van der Waals surface area contributed by atoms with Crippen molar-refractivity contribution < 1.29 is 18.0 Å². The molecule has 144 valence electrons. The summed E-state index contributed by atoms with van der Waals surface area (Å²) in [5, 5.41) is 0. The third-order valence-electron chi connectivity index (χ3n) is 6.19. The van der Waals surface area contributed by atoms with Crippen LogP contribution >= 0.6 is 0 Å². The van der Waals surface area contributed by atoms with Crippen LogP contribution in [0.25, 0.3) is 0 Å². The van der Waals surface area contributed by atoms with E-state index in [0.717, 1.165) is 45.6 Å². The van der Waals surface area contributed by atoms with Gasteiger partial charge in [0.05, 0.1) is 0 Å². The summed E-state index contributed by atoms with van der Waals surface area (Å²) in [6.45, 7) is 4.64. The van der Waals surface area contributed by atoms with E-state index in [1.807, 2.05) is 4.90 Å². The van der Waals surface area contributed by atoms with Crippen molar-refractivity contribution in [1.82, 2.24) is 14.7 Å². The fraction of sp³-hybridized carbons (Fsp3) is 0.944. The first-order chi connectivity index (χ1) is 11.8. The maximum Gasteiger partial charge on any atom is 0.389 e. The van der Waals surface area contributed by atoms with E-state index in [4.69, 9.17) is 0 Å². The van der Waals surface area contributed by atoms with Crippen LogP contribution in [0.4, 0.5) is 13.2 Å². The monoisotopic (exact) mass is 361 g/mol. The minimum absolute atomic E-state index is 0.0650. The number of alkyl halides is 3. The lowest BCUT2D eigenvalue weighted by molar-refractivity contribution is -0.137. The SMILES string of the molecule is CN1CCN(CCCC(F)(F)F)CC12CCC(=O)N(CC1CC1)CC2.